The Bertz CT molecular complexity index is 1580. The van der Waals surface area contributed by atoms with Crippen molar-refractivity contribution in [2.45, 2.75) is 12.5 Å². The third-order valence-corrected chi connectivity index (χ3v) is 7.39. The topological polar surface area (TPSA) is 12.4 Å². The SMILES string of the molecule is C1=CC2=N[C@H](C1)c1ccc(cc1)-c1ccc(cc1)-c1ccc(cc1)-c1ccc(cc1)-c1ccc2cc1. The molecule has 0 aromatic heterocycles. The summed E-state index contributed by atoms with van der Waals surface area (Å²) in [4.78, 5) is 5.11. The van der Waals surface area contributed by atoms with Gasteiger partial charge in [-0.25, -0.2) is 0 Å². The molecule has 5 aromatic rings. The molecule has 14 rings (SSSR count). The largest absolute Gasteiger partial charge is 0.276 e. The maximum atomic E-state index is 5.11. The van der Waals surface area contributed by atoms with Crippen LogP contribution in [0.5, 0.6) is 0 Å². The molecule has 0 fully saturated rings. The van der Waals surface area contributed by atoms with Gasteiger partial charge in [0.15, 0.2) is 0 Å². The van der Waals surface area contributed by atoms with Crippen molar-refractivity contribution >= 4 is 5.71 Å². The summed E-state index contributed by atoms with van der Waals surface area (Å²) in [6, 6.07) is 44.4. The van der Waals surface area contributed by atoms with Crippen LogP contribution in [0.15, 0.2) is 138 Å². The predicted octanol–water partition coefficient (Wildman–Crippen LogP) is 9.16. The Morgan fingerprint density at radius 1 is 0.389 bits per heavy atom. The molecule has 0 radical (unpaired) electrons. The zero-order valence-corrected chi connectivity index (χ0v) is 19.9. The van der Waals surface area contributed by atoms with Crippen LogP contribution in [0.4, 0.5) is 0 Å². The summed E-state index contributed by atoms with van der Waals surface area (Å²) in [6.45, 7) is 0. The molecule has 1 nitrogen and oxygen atoms in total. The van der Waals surface area contributed by atoms with E-state index >= 15 is 0 Å². The van der Waals surface area contributed by atoms with Gasteiger partial charge >= 0.3 is 0 Å². The number of benzene rings is 5. The van der Waals surface area contributed by atoms with Crippen molar-refractivity contribution in [1.82, 2.24) is 0 Å². The van der Waals surface area contributed by atoms with Crippen molar-refractivity contribution in [2.24, 2.45) is 4.99 Å². The summed E-state index contributed by atoms with van der Waals surface area (Å²) in [5, 5.41) is 0. The molecule has 1 atom stereocenters. The minimum absolute atomic E-state index is 0.151. The van der Waals surface area contributed by atoms with Crippen molar-refractivity contribution in [2.75, 3.05) is 0 Å². The first-order valence-electron chi connectivity index (χ1n) is 12.6. The van der Waals surface area contributed by atoms with E-state index in [2.05, 4.69) is 133 Å². The number of fused-ring (bicyclic) bond motifs is 1. The number of hydrogen-bond donors (Lipinski definition) is 0. The molecule has 0 saturated carbocycles. The molecule has 9 aliphatic heterocycles. The highest BCUT2D eigenvalue weighted by Gasteiger charge is 2.15. The van der Waals surface area contributed by atoms with E-state index in [4.69, 9.17) is 4.99 Å². The van der Waals surface area contributed by atoms with E-state index in [-0.39, 0.29) is 6.04 Å². The van der Waals surface area contributed by atoms with E-state index in [1.54, 1.807) is 0 Å². The fourth-order valence-corrected chi connectivity index (χ4v) is 5.25. The summed E-state index contributed by atoms with van der Waals surface area (Å²) in [7, 11) is 0. The number of aliphatic imine (C=N–C) groups is 1. The third-order valence-electron chi connectivity index (χ3n) is 7.39. The highest BCUT2D eigenvalue weighted by Crippen LogP contribution is 2.32. The summed E-state index contributed by atoms with van der Waals surface area (Å²) in [5.41, 5.74) is 13.3. The van der Waals surface area contributed by atoms with Gasteiger partial charge in [-0.2, -0.15) is 0 Å². The minimum Gasteiger partial charge on any atom is -0.276 e. The maximum Gasteiger partial charge on any atom is 0.0790 e. The molecular formula is C35H25N. The predicted molar refractivity (Wildman–Crippen MR) is 151 cm³/mol. The van der Waals surface area contributed by atoms with Gasteiger partial charge in [0.1, 0.15) is 0 Å². The molecule has 5 aromatic carbocycles. The highest BCUT2D eigenvalue weighted by molar-refractivity contribution is 6.09. The Balaban J connectivity index is 1.35. The second-order valence-electron chi connectivity index (χ2n) is 9.60. The van der Waals surface area contributed by atoms with Crippen LogP contribution in [0.2, 0.25) is 0 Å². The van der Waals surface area contributed by atoms with Gasteiger partial charge in [0, 0.05) is 0 Å². The molecule has 9 heterocycles. The second kappa shape index (κ2) is 8.62. The number of rotatable bonds is 0. The fourth-order valence-electron chi connectivity index (χ4n) is 5.25. The van der Waals surface area contributed by atoms with Crippen LogP contribution < -0.4 is 0 Å². The van der Waals surface area contributed by atoms with Crippen LogP contribution in [0.1, 0.15) is 23.6 Å². The average molecular weight is 460 g/mol. The van der Waals surface area contributed by atoms with E-state index < -0.39 is 0 Å². The lowest BCUT2D eigenvalue weighted by Crippen LogP contribution is -2.06. The van der Waals surface area contributed by atoms with E-state index in [1.165, 1.54) is 50.1 Å². The van der Waals surface area contributed by atoms with E-state index in [0.29, 0.717) is 0 Å². The van der Waals surface area contributed by atoms with E-state index in [1.807, 2.05) is 0 Å². The molecule has 170 valence electrons. The van der Waals surface area contributed by atoms with Gasteiger partial charge in [-0.1, -0.05) is 127 Å². The van der Waals surface area contributed by atoms with Crippen LogP contribution in [0, 0.1) is 0 Å². The van der Waals surface area contributed by atoms with Gasteiger partial charge < -0.3 is 0 Å². The van der Waals surface area contributed by atoms with Crippen molar-refractivity contribution in [3.63, 3.8) is 0 Å². The number of dihydropyridines is 1. The average Bonchev–Trinajstić information content (AvgIpc) is 2.97. The van der Waals surface area contributed by atoms with Crippen LogP contribution in [0.3, 0.4) is 0 Å². The lowest BCUT2D eigenvalue weighted by molar-refractivity contribution is 0.737. The summed E-state index contributed by atoms with van der Waals surface area (Å²) in [5.74, 6) is 0. The first-order chi connectivity index (χ1) is 17.8. The molecule has 36 heavy (non-hydrogen) atoms. The van der Waals surface area contributed by atoms with Gasteiger partial charge in [0.05, 0.1) is 11.8 Å². The molecule has 0 aliphatic carbocycles. The molecule has 0 spiro atoms. The van der Waals surface area contributed by atoms with E-state index in [0.717, 1.165) is 17.7 Å². The van der Waals surface area contributed by atoms with Gasteiger partial charge in [0.2, 0.25) is 0 Å². The summed E-state index contributed by atoms with van der Waals surface area (Å²) < 4.78 is 0. The molecular weight excluding hydrogens is 434 g/mol. The molecule has 0 unspecified atom stereocenters. The second-order valence-corrected chi connectivity index (χ2v) is 9.60. The first kappa shape index (κ1) is 20.8. The van der Waals surface area contributed by atoms with Crippen LogP contribution in [-0.4, -0.2) is 5.71 Å². The van der Waals surface area contributed by atoms with Gasteiger partial charge in [-0.05, 0) is 68.1 Å². The summed E-state index contributed by atoms with van der Waals surface area (Å²) in [6.07, 6.45) is 5.34. The number of hydrogen-bond acceptors (Lipinski definition) is 1. The lowest BCUT2D eigenvalue weighted by Gasteiger charge is -2.18. The normalized spacial score (nSPS) is 15.4. The van der Waals surface area contributed by atoms with Crippen molar-refractivity contribution in [3.05, 3.63) is 145 Å². The van der Waals surface area contributed by atoms with E-state index in [9.17, 15) is 0 Å². The summed E-state index contributed by atoms with van der Waals surface area (Å²) >= 11 is 0. The molecule has 0 N–H and O–H groups in total. The van der Waals surface area contributed by atoms with Crippen LogP contribution >= 0.6 is 0 Å². The van der Waals surface area contributed by atoms with Gasteiger partial charge in [0.25, 0.3) is 0 Å². The Labute approximate surface area is 212 Å². The molecule has 0 amide bonds. The standard InChI is InChI=1S/C35H25N/c1-2-34-32-20-16-30(17-21-32)28-12-8-26(9-13-28)24-4-6-25(7-5-24)27-10-14-29(15-11-27)31-18-22-33(23-19-31)35(3-1)36-34/h1-2,4-23,35H,3H2/t35-/m1/s1. The van der Waals surface area contributed by atoms with Gasteiger partial charge in [-0.3, -0.25) is 4.99 Å². The Kier molecular flexibility index (Phi) is 4.99. The zero-order chi connectivity index (χ0) is 23.9. The number of nitrogens with zero attached hydrogens (tertiary/aromatic N) is 1. The van der Waals surface area contributed by atoms with Crippen LogP contribution in [-0.2, 0) is 0 Å². The quantitative estimate of drug-likeness (QED) is 0.219. The zero-order valence-electron chi connectivity index (χ0n) is 19.9. The lowest BCUT2D eigenvalue weighted by atomic mass is 9.95. The molecule has 12 bridgehead atoms. The monoisotopic (exact) mass is 459 g/mol. The Hall–Kier alpha value is -4.49. The molecule has 9 aliphatic rings. The van der Waals surface area contributed by atoms with Gasteiger partial charge in [-0.15, -0.1) is 0 Å². The molecule has 0 saturated heterocycles. The Morgan fingerprint density at radius 2 is 0.694 bits per heavy atom. The number of allylic oxidation sites excluding steroid dienone is 1. The maximum absolute atomic E-state index is 5.11. The first-order valence-corrected chi connectivity index (χ1v) is 12.6. The minimum atomic E-state index is 0.151. The van der Waals surface area contributed by atoms with Crippen molar-refractivity contribution in [1.29, 1.82) is 0 Å². The van der Waals surface area contributed by atoms with Crippen molar-refractivity contribution in [3.8, 4) is 44.5 Å². The highest BCUT2D eigenvalue weighted by atomic mass is 14.8. The fraction of sp³-hybridized carbons (Fsp3) is 0.0571. The third kappa shape index (κ3) is 3.79. The van der Waals surface area contributed by atoms with Crippen LogP contribution in [0.25, 0.3) is 44.5 Å². The van der Waals surface area contributed by atoms with Crippen molar-refractivity contribution < 1.29 is 0 Å². The Morgan fingerprint density at radius 3 is 1.06 bits per heavy atom. The molecule has 1 heteroatoms. The smallest absolute Gasteiger partial charge is 0.0790 e.